The normalized spacial score (nSPS) is 18.4. The van der Waals surface area contributed by atoms with E-state index in [-0.39, 0.29) is 10.9 Å². The molecule has 0 radical (unpaired) electrons. The fourth-order valence-electron chi connectivity index (χ4n) is 3.56. The molecule has 28 heavy (non-hydrogen) atoms. The first-order valence-corrected chi connectivity index (χ1v) is 9.85. The van der Waals surface area contributed by atoms with Crippen molar-refractivity contribution in [3.8, 4) is 0 Å². The number of amides is 2. The molecule has 0 atom stereocenters. The van der Waals surface area contributed by atoms with E-state index in [9.17, 15) is 9.59 Å². The number of halogens is 2. The van der Waals surface area contributed by atoms with E-state index in [4.69, 9.17) is 23.2 Å². The van der Waals surface area contributed by atoms with Gasteiger partial charge in [-0.3, -0.25) is 14.5 Å². The van der Waals surface area contributed by atoms with Crippen molar-refractivity contribution in [2.75, 3.05) is 31.1 Å². The van der Waals surface area contributed by atoms with Gasteiger partial charge in [0, 0.05) is 37.7 Å². The molecular formula is C21H19Cl2N3O2. The molecule has 1 saturated heterocycles. The van der Waals surface area contributed by atoms with Gasteiger partial charge in [-0.15, -0.1) is 0 Å². The highest BCUT2D eigenvalue weighted by molar-refractivity contribution is 6.52. The van der Waals surface area contributed by atoms with Crippen LogP contribution in [0.4, 0.5) is 5.69 Å². The maximum Gasteiger partial charge on any atom is 0.283 e. The minimum atomic E-state index is -0.490. The molecular weight excluding hydrogens is 397 g/mol. The zero-order valence-corrected chi connectivity index (χ0v) is 16.7. The standard InChI is InChI=1S/C21H19Cl2N3O2/c22-16-6-8-17(9-7-16)26-20(27)18(23)19(21(26)28)25-12-10-24(11-13-25)14-15-4-2-1-3-5-15/h1-9H,10-14H2. The summed E-state index contributed by atoms with van der Waals surface area (Å²) in [6, 6.07) is 16.9. The van der Waals surface area contributed by atoms with E-state index < -0.39 is 5.91 Å². The van der Waals surface area contributed by atoms with Gasteiger partial charge in [-0.25, -0.2) is 4.90 Å². The van der Waals surface area contributed by atoms with E-state index in [1.54, 1.807) is 24.3 Å². The van der Waals surface area contributed by atoms with Gasteiger partial charge in [-0.1, -0.05) is 53.5 Å². The highest BCUT2D eigenvalue weighted by Gasteiger charge is 2.41. The summed E-state index contributed by atoms with van der Waals surface area (Å²) in [4.78, 5) is 30.9. The van der Waals surface area contributed by atoms with Crippen molar-refractivity contribution in [3.05, 3.63) is 75.9 Å². The second-order valence-corrected chi connectivity index (χ2v) is 7.65. The topological polar surface area (TPSA) is 43.9 Å². The number of benzene rings is 2. The van der Waals surface area contributed by atoms with Gasteiger partial charge in [0.15, 0.2) is 0 Å². The molecule has 0 saturated carbocycles. The highest BCUT2D eigenvalue weighted by atomic mass is 35.5. The largest absolute Gasteiger partial charge is 0.363 e. The Morgan fingerprint density at radius 1 is 0.786 bits per heavy atom. The lowest BCUT2D eigenvalue weighted by atomic mass is 10.2. The summed E-state index contributed by atoms with van der Waals surface area (Å²) in [5.74, 6) is -0.871. The quantitative estimate of drug-likeness (QED) is 0.716. The van der Waals surface area contributed by atoms with Crippen LogP contribution in [0.15, 0.2) is 65.3 Å². The number of carbonyl (C=O) groups is 2. The van der Waals surface area contributed by atoms with Crippen molar-refractivity contribution < 1.29 is 9.59 Å². The first-order chi connectivity index (χ1) is 13.5. The summed E-state index contributed by atoms with van der Waals surface area (Å²) in [5.41, 5.74) is 2.02. The van der Waals surface area contributed by atoms with Crippen molar-refractivity contribution in [1.29, 1.82) is 0 Å². The molecule has 144 valence electrons. The summed E-state index contributed by atoms with van der Waals surface area (Å²) in [6.07, 6.45) is 0. The van der Waals surface area contributed by atoms with Crippen molar-refractivity contribution in [1.82, 2.24) is 9.80 Å². The number of hydrogen-bond donors (Lipinski definition) is 0. The number of imide groups is 1. The molecule has 2 aliphatic rings. The average Bonchev–Trinajstić information content (AvgIpc) is 2.93. The Hall–Kier alpha value is -2.34. The summed E-state index contributed by atoms with van der Waals surface area (Å²) in [6.45, 7) is 3.75. The molecule has 0 aliphatic carbocycles. The van der Waals surface area contributed by atoms with Crippen LogP contribution in [0.5, 0.6) is 0 Å². The summed E-state index contributed by atoms with van der Waals surface area (Å²) in [7, 11) is 0. The van der Waals surface area contributed by atoms with Gasteiger partial charge < -0.3 is 4.90 Å². The molecule has 1 fully saturated rings. The van der Waals surface area contributed by atoms with Crippen molar-refractivity contribution in [2.24, 2.45) is 0 Å². The van der Waals surface area contributed by atoms with E-state index in [1.165, 1.54) is 5.56 Å². The fraction of sp³-hybridized carbons (Fsp3) is 0.238. The van der Waals surface area contributed by atoms with Crippen LogP contribution in [-0.4, -0.2) is 47.8 Å². The molecule has 7 heteroatoms. The summed E-state index contributed by atoms with van der Waals surface area (Å²) < 4.78 is 0. The Labute approximate surface area is 173 Å². The van der Waals surface area contributed by atoms with E-state index in [0.717, 1.165) is 24.5 Å². The summed E-state index contributed by atoms with van der Waals surface area (Å²) in [5, 5.41) is 0.521. The third-order valence-electron chi connectivity index (χ3n) is 5.03. The third kappa shape index (κ3) is 3.65. The molecule has 4 rings (SSSR count). The zero-order valence-electron chi connectivity index (χ0n) is 15.1. The number of anilines is 1. The van der Waals surface area contributed by atoms with Crippen LogP contribution in [0.1, 0.15) is 5.56 Å². The predicted molar refractivity (Wildman–Crippen MR) is 110 cm³/mol. The van der Waals surface area contributed by atoms with E-state index in [0.29, 0.717) is 29.5 Å². The Morgan fingerprint density at radius 2 is 1.43 bits per heavy atom. The Bertz CT molecular complexity index is 920. The summed E-state index contributed by atoms with van der Waals surface area (Å²) >= 11 is 12.2. The molecule has 2 aromatic rings. The fourth-order valence-corrected chi connectivity index (χ4v) is 3.97. The van der Waals surface area contributed by atoms with E-state index >= 15 is 0 Å². The van der Waals surface area contributed by atoms with Gasteiger partial charge in [0.1, 0.15) is 10.7 Å². The van der Waals surface area contributed by atoms with E-state index in [1.807, 2.05) is 23.1 Å². The number of hydrogen-bond acceptors (Lipinski definition) is 4. The van der Waals surface area contributed by atoms with Gasteiger partial charge in [0.25, 0.3) is 11.8 Å². The number of carbonyl (C=O) groups excluding carboxylic acids is 2. The minimum Gasteiger partial charge on any atom is -0.363 e. The molecule has 2 heterocycles. The molecule has 0 spiro atoms. The molecule has 2 aromatic carbocycles. The molecule has 0 unspecified atom stereocenters. The smallest absolute Gasteiger partial charge is 0.283 e. The molecule has 5 nitrogen and oxygen atoms in total. The van der Waals surface area contributed by atoms with Crippen LogP contribution in [0.25, 0.3) is 0 Å². The van der Waals surface area contributed by atoms with Crippen LogP contribution in [0.2, 0.25) is 5.02 Å². The van der Waals surface area contributed by atoms with Gasteiger partial charge in [-0.2, -0.15) is 0 Å². The number of piperazine rings is 1. The third-order valence-corrected chi connectivity index (χ3v) is 5.62. The first-order valence-electron chi connectivity index (χ1n) is 9.10. The minimum absolute atomic E-state index is 0.0172. The Balaban J connectivity index is 1.45. The average molecular weight is 416 g/mol. The lowest BCUT2D eigenvalue weighted by Crippen LogP contribution is -2.47. The Morgan fingerprint density at radius 3 is 2.07 bits per heavy atom. The number of nitrogens with zero attached hydrogens (tertiary/aromatic N) is 3. The van der Waals surface area contributed by atoms with Crippen LogP contribution < -0.4 is 4.90 Å². The first kappa shape index (κ1) is 19.0. The van der Waals surface area contributed by atoms with Gasteiger partial charge in [-0.05, 0) is 29.8 Å². The van der Waals surface area contributed by atoms with Gasteiger partial charge >= 0.3 is 0 Å². The second kappa shape index (κ2) is 7.95. The SMILES string of the molecule is O=C1C(Cl)=C(N2CCN(Cc3ccccc3)CC2)C(=O)N1c1ccc(Cl)cc1. The Kier molecular flexibility index (Phi) is 5.40. The molecule has 0 N–H and O–H groups in total. The van der Waals surface area contributed by atoms with E-state index in [2.05, 4.69) is 17.0 Å². The lowest BCUT2D eigenvalue weighted by molar-refractivity contribution is -0.121. The number of rotatable bonds is 4. The maximum absolute atomic E-state index is 13.0. The monoisotopic (exact) mass is 415 g/mol. The maximum atomic E-state index is 13.0. The second-order valence-electron chi connectivity index (χ2n) is 6.83. The van der Waals surface area contributed by atoms with Crippen LogP contribution >= 0.6 is 23.2 Å². The van der Waals surface area contributed by atoms with Crippen LogP contribution in [-0.2, 0) is 16.1 Å². The van der Waals surface area contributed by atoms with Crippen molar-refractivity contribution >= 4 is 40.7 Å². The molecule has 2 amide bonds. The zero-order chi connectivity index (χ0) is 19.7. The lowest BCUT2D eigenvalue weighted by Gasteiger charge is -2.36. The highest BCUT2D eigenvalue weighted by Crippen LogP contribution is 2.32. The van der Waals surface area contributed by atoms with Gasteiger partial charge in [0.05, 0.1) is 5.69 Å². The molecule has 0 aromatic heterocycles. The van der Waals surface area contributed by atoms with Crippen LogP contribution in [0.3, 0.4) is 0 Å². The van der Waals surface area contributed by atoms with Crippen molar-refractivity contribution in [3.63, 3.8) is 0 Å². The molecule has 2 aliphatic heterocycles. The van der Waals surface area contributed by atoms with Crippen LogP contribution in [0, 0.1) is 0 Å². The predicted octanol–water partition coefficient (Wildman–Crippen LogP) is 3.48. The molecule has 0 bridgehead atoms. The van der Waals surface area contributed by atoms with Crippen molar-refractivity contribution in [2.45, 2.75) is 6.54 Å². The van der Waals surface area contributed by atoms with Gasteiger partial charge in [0.2, 0.25) is 0 Å².